The summed E-state index contributed by atoms with van der Waals surface area (Å²) in [5.74, 6) is 0.0723. The molecular formula is C13H17ClN2O. The molecule has 92 valence electrons. The Bertz CT molecular complexity index is 431. The molecule has 0 saturated carbocycles. The summed E-state index contributed by atoms with van der Waals surface area (Å²) in [6, 6.07) is 7.48. The van der Waals surface area contributed by atoms with Crippen molar-refractivity contribution in [1.29, 1.82) is 0 Å². The minimum absolute atomic E-state index is 0.0723. The molecule has 1 aromatic rings. The summed E-state index contributed by atoms with van der Waals surface area (Å²) in [4.78, 5) is 14.2. The molecule has 1 heterocycles. The van der Waals surface area contributed by atoms with Crippen LogP contribution in [-0.4, -0.2) is 24.5 Å². The zero-order valence-corrected chi connectivity index (χ0v) is 10.9. The minimum atomic E-state index is -0.532. The molecule has 1 fully saturated rings. The van der Waals surface area contributed by atoms with Gasteiger partial charge in [-0.2, -0.15) is 0 Å². The number of benzene rings is 1. The molecule has 0 atom stereocenters. The Morgan fingerprint density at radius 1 is 1.35 bits per heavy atom. The first-order valence-corrected chi connectivity index (χ1v) is 6.22. The van der Waals surface area contributed by atoms with Gasteiger partial charge in [0.2, 0.25) is 5.91 Å². The zero-order chi connectivity index (χ0) is 12.5. The lowest BCUT2D eigenvalue weighted by Crippen LogP contribution is -2.51. The number of para-hydroxylation sites is 1. The van der Waals surface area contributed by atoms with Gasteiger partial charge in [0.1, 0.15) is 0 Å². The lowest BCUT2D eigenvalue weighted by molar-refractivity contribution is -0.123. The van der Waals surface area contributed by atoms with E-state index in [1.54, 1.807) is 4.90 Å². The lowest BCUT2D eigenvalue weighted by atomic mass is 10.0. The van der Waals surface area contributed by atoms with Crippen LogP contribution in [0.4, 0.5) is 5.69 Å². The maximum absolute atomic E-state index is 12.4. The van der Waals surface area contributed by atoms with E-state index in [-0.39, 0.29) is 5.91 Å². The van der Waals surface area contributed by atoms with Gasteiger partial charge in [-0.05, 0) is 38.9 Å². The van der Waals surface area contributed by atoms with Crippen molar-refractivity contribution in [3.8, 4) is 0 Å². The van der Waals surface area contributed by atoms with Gasteiger partial charge in [0.25, 0.3) is 0 Å². The van der Waals surface area contributed by atoms with Gasteiger partial charge in [0, 0.05) is 6.54 Å². The fourth-order valence-electron chi connectivity index (χ4n) is 2.05. The van der Waals surface area contributed by atoms with Crippen LogP contribution >= 0.6 is 11.6 Å². The Hall–Kier alpha value is -1.06. The fourth-order valence-corrected chi connectivity index (χ4v) is 2.29. The van der Waals surface area contributed by atoms with Crippen LogP contribution in [-0.2, 0) is 4.79 Å². The van der Waals surface area contributed by atoms with E-state index in [1.165, 1.54) is 0 Å². The van der Waals surface area contributed by atoms with E-state index in [1.807, 2.05) is 38.1 Å². The summed E-state index contributed by atoms with van der Waals surface area (Å²) in [6.07, 6.45) is 0.931. The number of rotatable bonds is 1. The summed E-state index contributed by atoms with van der Waals surface area (Å²) in [6.45, 7) is 5.37. The van der Waals surface area contributed by atoms with Crippen LogP contribution in [0.15, 0.2) is 24.3 Å². The predicted octanol–water partition coefficient (Wildman–Crippen LogP) is 2.44. The highest BCUT2D eigenvalue weighted by Crippen LogP contribution is 2.28. The molecule has 1 aliphatic heterocycles. The Balaban J connectivity index is 2.37. The molecule has 2 rings (SSSR count). The number of amides is 1. The minimum Gasteiger partial charge on any atom is -0.309 e. The van der Waals surface area contributed by atoms with Crippen LogP contribution in [0.25, 0.3) is 0 Å². The van der Waals surface area contributed by atoms with Crippen molar-refractivity contribution in [1.82, 2.24) is 5.32 Å². The fraction of sp³-hybridized carbons (Fsp3) is 0.462. The first-order chi connectivity index (χ1) is 8.02. The molecule has 0 spiro atoms. The topological polar surface area (TPSA) is 32.3 Å². The van der Waals surface area contributed by atoms with Crippen LogP contribution in [0.2, 0.25) is 5.02 Å². The molecule has 0 radical (unpaired) electrons. The third-order valence-electron chi connectivity index (χ3n) is 3.05. The largest absolute Gasteiger partial charge is 0.309 e. The average molecular weight is 253 g/mol. The van der Waals surface area contributed by atoms with E-state index in [2.05, 4.69) is 5.32 Å². The van der Waals surface area contributed by atoms with E-state index in [0.717, 1.165) is 18.7 Å². The highest BCUT2D eigenvalue weighted by Gasteiger charge is 2.34. The molecule has 0 aromatic heterocycles. The molecule has 1 aliphatic rings. The summed E-state index contributed by atoms with van der Waals surface area (Å²) in [7, 11) is 0. The molecule has 3 nitrogen and oxygen atoms in total. The Labute approximate surface area is 107 Å². The standard InChI is InChI=1S/C13H17ClN2O/c1-13(2)12(17)16(9-5-8-15-13)11-7-4-3-6-10(11)14/h3-4,6-7,15H,5,8-9H2,1-2H3. The molecule has 1 amide bonds. The molecule has 1 saturated heterocycles. The molecule has 1 aromatic carbocycles. The van der Waals surface area contributed by atoms with Crippen LogP contribution in [0.1, 0.15) is 20.3 Å². The first kappa shape index (κ1) is 12.4. The van der Waals surface area contributed by atoms with Crippen molar-refractivity contribution in [3.63, 3.8) is 0 Å². The summed E-state index contributed by atoms with van der Waals surface area (Å²) < 4.78 is 0. The van der Waals surface area contributed by atoms with Crippen molar-refractivity contribution in [2.45, 2.75) is 25.8 Å². The first-order valence-electron chi connectivity index (χ1n) is 5.84. The maximum atomic E-state index is 12.4. The van der Waals surface area contributed by atoms with E-state index in [4.69, 9.17) is 11.6 Å². The van der Waals surface area contributed by atoms with Gasteiger partial charge in [-0.3, -0.25) is 4.79 Å². The van der Waals surface area contributed by atoms with E-state index >= 15 is 0 Å². The Morgan fingerprint density at radius 2 is 2.06 bits per heavy atom. The average Bonchev–Trinajstić information content (AvgIpc) is 2.41. The van der Waals surface area contributed by atoms with Crippen molar-refractivity contribution in [2.75, 3.05) is 18.0 Å². The molecule has 1 N–H and O–H groups in total. The predicted molar refractivity (Wildman–Crippen MR) is 70.5 cm³/mol. The van der Waals surface area contributed by atoms with E-state index in [9.17, 15) is 4.79 Å². The summed E-state index contributed by atoms with van der Waals surface area (Å²) >= 11 is 6.15. The molecule has 4 heteroatoms. The van der Waals surface area contributed by atoms with Gasteiger partial charge in [0.15, 0.2) is 0 Å². The maximum Gasteiger partial charge on any atom is 0.246 e. The van der Waals surface area contributed by atoms with Crippen molar-refractivity contribution in [2.24, 2.45) is 0 Å². The summed E-state index contributed by atoms with van der Waals surface area (Å²) in [5.41, 5.74) is 0.270. The number of carbonyl (C=O) groups excluding carboxylic acids is 1. The number of halogens is 1. The van der Waals surface area contributed by atoms with Gasteiger partial charge < -0.3 is 10.2 Å². The Morgan fingerprint density at radius 3 is 2.76 bits per heavy atom. The highest BCUT2D eigenvalue weighted by atomic mass is 35.5. The van der Waals surface area contributed by atoms with E-state index < -0.39 is 5.54 Å². The molecule has 0 bridgehead atoms. The van der Waals surface area contributed by atoms with Crippen LogP contribution in [0.5, 0.6) is 0 Å². The number of anilines is 1. The second-order valence-corrected chi connectivity index (χ2v) is 5.22. The van der Waals surface area contributed by atoms with Crippen molar-refractivity contribution < 1.29 is 4.79 Å². The third-order valence-corrected chi connectivity index (χ3v) is 3.37. The third kappa shape index (κ3) is 2.45. The van der Waals surface area contributed by atoms with Gasteiger partial charge in [0.05, 0.1) is 16.2 Å². The zero-order valence-electron chi connectivity index (χ0n) is 10.2. The summed E-state index contributed by atoms with van der Waals surface area (Å²) in [5, 5.41) is 3.88. The molecule has 17 heavy (non-hydrogen) atoms. The van der Waals surface area contributed by atoms with Gasteiger partial charge in [-0.1, -0.05) is 23.7 Å². The number of hydrogen-bond donors (Lipinski definition) is 1. The molecular weight excluding hydrogens is 236 g/mol. The monoisotopic (exact) mass is 252 g/mol. The Kier molecular flexibility index (Phi) is 3.40. The second kappa shape index (κ2) is 4.67. The van der Waals surface area contributed by atoms with Crippen LogP contribution in [0.3, 0.4) is 0 Å². The van der Waals surface area contributed by atoms with Crippen molar-refractivity contribution >= 4 is 23.2 Å². The number of nitrogens with zero attached hydrogens (tertiary/aromatic N) is 1. The normalized spacial score (nSPS) is 20.2. The SMILES string of the molecule is CC1(C)NCCCN(c2ccccc2Cl)C1=O. The quantitative estimate of drug-likeness (QED) is 0.833. The highest BCUT2D eigenvalue weighted by molar-refractivity contribution is 6.33. The van der Waals surface area contributed by atoms with Gasteiger partial charge in [-0.15, -0.1) is 0 Å². The lowest BCUT2D eigenvalue weighted by Gasteiger charge is -2.29. The molecule has 0 aliphatic carbocycles. The van der Waals surface area contributed by atoms with Gasteiger partial charge in [-0.25, -0.2) is 0 Å². The van der Waals surface area contributed by atoms with Crippen LogP contribution in [0, 0.1) is 0 Å². The van der Waals surface area contributed by atoms with E-state index in [0.29, 0.717) is 11.6 Å². The van der Waals surface area contributed by atoms with Crippen LogP contribution < -0.4 is 10.2 Å². The number of nitrogens with one attached hydrogen (secondary N) is 1. The number of hydrogen-bond acceptors (Lipinski definition) is 2. The van der Waals surface area contributed by atoms with Gasteiger partial charge >= 0.3 is 0 Å². The second-order valence-electron chi connectivity index (χ2n) is 4.81. The molecule has 0 unspecified atom stereocenters. The smallest absolute Gasteiger partial charge is 0.246 e. The number of carbonyl (C=O) groups is 1. The van der Waals surface area contributed by atoms with Crippen molar-refractivity contribution in [3.05, 3.63) is 29.3 Å².